The zero-order valence-electron chi connectivity index (χ0n) is 15.0. The molecule has 0 radical (unpaired) electrons. The fourth-order valence-corrected chi connectivity index (χ4v) is 4.68. The summed E-state index contributed by atoms with van der Waals surface area (Å²) in [4.78, 5) is 3.89. The minimum Gasteiger partial charge on any atom is -0.497 e. The third-order valence-corrected chi connectivity index (χ3v) is 6.23. The Kier molecular flexibility index (Phi) is 4.45. The van der Waals surface area contributed by atoms with Crippen LogP contribution in [0, 0.1) is 5.82 Å². The van der Waals surface area contributed by atoms with Crippen LogP contribution in [0.4, 0.5) is 4.39 Å². The van der Waals surface area contributed by atoms with Gasteiger partial charge in [-0.15, -0.1) is 0 Å². The van der Waals surface area contributed by atoms with Crippen LogP contribution in [0.3, 0.4) is 0 Å². The Morgan fingerprint density at radius 2 is 1.92 bits per heavy atom. The van der Waals surface area contributed by atoms with Crippen LogP contribution in [-0.2, 0) is 6.42 Å². The summed E-state index contributed by atoms with van der Waals surface area (Å²) in [5.74, 6) is 0.470. The molecule has 4 rings (SSSR count). The van der Waals surface area contributed by atoms with Crippen molar-refractivity contribution in [3.8, 4) is 5.75 Å². The lowest BCUT2D eigenvalue weighted by Gasteiger charge is -2.32. The Balaban J connectivity index is 1.44. The minimum atomic E-state index is -0.726. The van der Waals surface area contributed by atoms with Gasteiger partial charge in [0, 0.05) is 22.8 Å². The Hall–Kier alpha value is -1.98. The van der Waals surface area contributed by atoms with E-state index < -0.39 is 11.9 Å². The first-order chi connectivity index (χ1) is 12.5. The van der Waals surface area contributed by atoms with Gasteiger partial charge in [-0.05, 0) is 62.3 Å². The second kappa shape index (κ2) is 6.63. The van der Waals surface area contributed by atoms with Gasteiger partial charge < -0.3 is 15.2 Å². The number of ether oxygens (including phenoxy) is 1. The lowest BCUT2D eigenvalue weighted by Crippen LogP contribution is -2.46. The van der Waals surface area contributed by atoms with Crippen molar-refractivity contribution in [3.05, 3.63) is 59.7 Å². The summed E-state index contributed by atoms with van der Waals surface area (Å²) in [6, 6.07) is 9.60. The molecule has 0 unspecified atom stereocenters. The summed E-state index contributed by atoms with van der Waals surface area (Å²) in [5.41, 5.74) is 1.57. The maximum absolute atomic E-state index is 13.5. The van der Waals surface area contributed by atoms with Gasteiger partial charge in [0.1, 0.15) is 11.6 Å². The monoisotopic (exact) mass is 356 g/mol. The standard InChI is InChI=1S/C21H25FN2O2/c1-26-18-4-2-15(3-5-18)6-7-20-8-10-21(24-20,11-9-20)19(25)16-12-17(22)14-23-13-16/h2-5,12-14,19,24-25H,6-11H2,1H3/t19-,20?,21?/m0/s1. The Bertz CT molecular complexity index is 770. The van der Waals surface area contributed by atoms with Crippen molar-refractivity contribution in [2.75, 3.05) is 7.11 Å². The first kappa shape index (κ1) is 17.4. The van der Waals surface area contributed by atoms with Gasteiger partial charge in [0.25, 0.3) is 0 Å². The minimum absolute atomic E-state index is 0.0711. The van der Waals surface area contributed by atoms with E-state index in [-0.39, 0.29) is 11.1 Å². The van der Waals surface area contributed by atoms with Crippen LogP contribution < -0.4 is 10.1 Å². The number of methoxy groups -OCH3 is 1. The number of aliphatic hydroxyl groups is 1. The molecule has 1 aromatic heterocycles. The number of halogens is 1. The molecule has 1 aromatic carbocycles. The van der Waals surface area contributed by atoms with Gasteiger partial charge in [0.05, 0.1) is 19.4 Å². The number of nitrogens with one attached hydrogen (secondary N) is 1. The smallest absolute Gasteiger partial charge is 0.141 e. The number of hydrogen-bond acceptors (Lipinski definition) is 4. The maximum atomic E-state index is 13.5. The first-order valence-corrected chi connectivity index (χ1v) is 9.25. The Labute approximate surface area is 153 Å². The van der Waals surface area contributed by atoms with E-state index in [1.807, 2.05) is 12.1 Å². The van der Waals surface area contributed by atoms with Crippen molar-refractivity contribution < 1.29 is 14.2 Å². The van der Waals surface area contributed by atoms with Gasteiger partial charge in [0.2, 0.25) is 0 Å². The summed E-state index contributed by atoms with van der Waals surface area (Å²) in [6.07, 6.45) is 7.95. The molecular formula is C21H25FN2O2. The van der Waals surface area contributed by atoms with E-state index in [1.165, 1.54) is 17.8 Å². The third-order valence-electron chi connectivity index (χ3n) is 6.23. The highest BCUT2D eigenvalue weighted by Crippen LogP contribution is 2.52. The van der Waals surface area contributed by atoms with Crippen LogP contribution in [0.25, 0.3) is 0 Å². The van der Waals surface area contributed by atoms with Crippen LogP contribution in [0.1, 0.15) is 49.3 Å². The fraction of sp³-hybridized carbons (Fsp3) is 0.476. The van der Waals surface area contributed by atoms with Crippen molar-refractivity contribution in [3.63, 3.8) is 0 Å². The number of aromatic nitrogens is 1. The van der Waals surface area contributed by atoms with Gasteiger partial charge >= 0.3 is 0 Å². The van der Waals surface area contributed by atoms with Gasteiger partial charge in [-0.2, -0.15) is 0 Å². The predicted molar refractivity (Wildman–Crippen MR) is 97.5 cm³/mol. The highest BCUT2D eigenvalue weighted by molar-refractivity contribution is 5.28. The van der Waals surface area contributed by atoms with Crippen molar-refractivity contribution in [1.82, 2.24) is 10.3 Å². The van der Waals surface area contributed by atoms with E-state index in [0.717, 1.165) is 44.3 Å². The highest BCUT2D eigenvalue weighted by Gasteiger charge is 2.56. The second-order valence-electron chi connectivity index (χ2n) is 7.75. The number of pyridine rings is 1. The Morgan fingerprint density at radius 1 is 1.19 bits per heavy atom. The van der Waals surface area contributed by atoms with Gasteiger partial charge in [-0.3, -0.25) is 4.98 Å². The summed E-state index contributed by atoms with van der Waals surface area (Å²) >= 11 is 0. The summed E-state index contributed by atoms with van der Waals surface area (Å²) < 4.78 is 18.7. The topological polar surface area (TPSA) is 54.4 Å². The van der Waals surface area contributed by atoms with Crippen LogP contribution in [0.15, 0.2) is 42.7 Å². The zero-order chi connectivity index (χ0) is 18.2. The Morgan fingerprint density at radius 3 is 2.58 bits per heavy atom. The quantitative estimate of drug-likeness (QED) is 0.831. The van der Waals surface area contributed by atoms with Crippen LogP contribution in [0.2, 0.25) is 0 Å². The summed E-state index contributed by atoms with van der Waals surface area (Å²) in [6.45, 7) is 0. The van der Waals surface area contributed by atoms with E-state index in [1.54, 1.807) is 13.3 Å². The molecule has 3 heterocycles. The molecule has 26 heavy (non-hydrogen) atoms. The van der Waals surface area contributed by atoms with E-state index in [9.17, 15) is 9.50 Å². The molecule has 2 fully saturated rings. The summed E-state index contributed by atoms with van der Waals surface area (Å²) in [5, 5.41) is 14.6. The molecule has 5 heteroatoms. The SMILES string of the molecule is COc1ccc(CCC23CCC([C@@H](O)c4cncc(F)c4)(CC2)N3)cc1. The van der Waals surface area contributed by atoms with E-state index in [4.69, 9.17) is 4.74 Å². The van der Waals surface area contributed by atoms with Crippen LogP contribution in [0.5, 0.6) is 5.75 Å². The zero-order valence-corrected chi connectivity index (χ0v) is 15.0. The molecule has 0 saturated carbocycles. The maximum Gasteiger partial charge on any atom is 0.141 e. The molecule has 0 spiro atoms. The molecular weight excluding hydrogens is 331 g/mol. The van der Waals surface area contributed by atoms with E-state index in [0.29, 0.717) is 5.56 Å². The highest BCUT2D eigenvalue weighted by atomic mass is 19.1. The molecule has 2 saturated heterocycles. The molecule has 0 amide bonds. The molecule has 2 bridgehead atoms. The second-order valence-corrected chi connectivity index (χ2v) is 7.75. The van der Waals surface area contributed by atoms with Crippen LogP contribution >= 0.6 is 0 Å². The van der Waals surface area contributed by atoms with Crippen molar-refractivity contribution in [1.29, 1.82) is 0 Å². The molecule has 2 N–H and O–H groups in total. The molecule has 2 aliphatic heterocycles. The van der Waals surface area contributed by atoms with Crippen molar-refractivity contribution in [2.45, 2.75) is 55.7 Å². The molecule has 138 valence electrons. The van der Waals surface area contributed by atoms with Gasteiger partial charge in [0.15, 0.2) is 0 Å². The number of aliphatic hydroxyl groups excluding tert-OH is 1. The molecule has 2 aliphatic rings. The number of hydrogen-bond donors (Lipinski definition) is 2. The normalized spacial score (nSPS) is 28.3. The predicted octanol–water partition coefficient (Wildman–Crippen LogP) is 3.55. The molecule has 4 nitrogen and oxygen atoms in total. The fourth-order valence-electron chi connectivity index (χ4n) is 4.68. The number of fused-ring (bicyclic) bond motifs is 2. The number of nitrogens with zero attached hydrogens (tertiary/aromatic N) is 1. The average molecular weight is 356 g/mol. The number of aryl methyl sites for hydroxylation is 1. The van der Waals surface area contributed by atoms with Crippen molar-refractivity contribution in [2.24, 2.45) is 0 Å². The third kappa shape index (κ3) is 3.10. The molecule has 1 atom stereocenters. The number of benzene rings is 1. The van der Waals surface area contributed by atoms with Crippen LogP contribution in [-0.4, -0.2) is 28.3 Å². The lowest BCUT2D eigenvalue weighted by atomic mass is 9.76. The van der Waals surface area contributed by atoms with E-state index in [2.05, 4.69) is 22.4 Å². The van der Waals surface area contributed by atoms with Gasteiger partial charge in [-0.25, -0.2) is 4.39 Å². The molecule has 2 aromatic rings. The van der Waals surface area contributed by atoms with Crippen molar-refractivity contribution >= 4 is 0 Å². The largest absolute Gasteiger partial charge is 0.497 e. The summed E-state index contributed by atoms with van der Waals surface area (Å²) in [7, 11) is 1.67. The first-order valence-electron chi connectivity index (χ1n) is 9.25. The van der Waals surface area contributed by atoms with E-state index >= 15 is 0 Å². The number of rotatable bonds is 6. The lowest BCUT2D eigenvalue weighted by molar-refractivity contribution is 0.0730. The molecule has 0 aliphatic carbocycles. The average Bonchev–Trinajstić information content (AvgIpc) is 3.24. The van der Waals surface area contributed by atoms with Gasteiger partial charge in [-0.1, -0.05) is 12.1 Å².